The predicted octanol–water partition coefficient (Wildman–Crippen LogP) is 3.57. The molecule has 0 bridgehead atoms. The summed E-state index contributed by atoms with van der Waals surface area (Å²) in [6, 6.07) is 2.99. The van der Waals surface area contributed by atoms with E-state index in [1.54, 1.807) is 6.07 Å². The van der Waals surface area contributed by atoms with Crippen LogP contribution in [0.1, 0.15) is 24.8 Å². The molecule has 0 N–H and O–H groups in total. The van der Waals surface area contributed by atoms with Gasteiger partial charge in [-0.2, -0.15) is 0 Å². The van der Waals surface area contributed by atoms with E-state index in [4.69, 9.17) is 16.3 Å². The molecule has 0 aliphatic heterocycles. The first-order valence-corrected chi connectivity index (χ1v) is 5.06. The largest absolute Gasteiger partial charge is 0.492 e. The average Bonchev–Trinajstić information content (AvgIpc) is 2.94. The van der Waals surface area contributed by atoms with E-state index in [-0.39, 0.29) is 11.7 Å². The van der Waals surface area contributed by atoms with Crippen LogP contribution in [-0.2, 0) is 0 Å². The van der Waals surface area contributed by atoms with Crippen LogP contribution in [0.5, 0.6) is 5.75 Å². The summed E-state index contributed by atoms with van der Waals surface area (Å²) in [5, 5.41) is 0.422. The van der Waals surface area contributed by atoms with Gasteiger partial charge in [0.25, 0.3) is 0 Å². The summed E-state index contributed by atoms with van der Waals surface area (Å²) in [7, 11) is 0. The Bertz CT molecular complexity index is 347. The number of hydrogen-bond donors (Lipinski definition) is 0. The third-order valence-corrected chi connectivity index (χ3v) is 2.62. The van der Waals surface area contributed by atoms with E-state index >= 15 is 0 Å². The van der Waals surface area contributed by atoms with Gasteiger partial charge in [-0.3, -0.25) is 0 Å². The smallest absolute Gasteiger partial charge is 0.138 e. The quantitative estimate of drug-likeness (QED) is 0.746. The van der Waals surface area contributed by atoms with E-state index in [1.807, 2.05) is 13.3 Å². The summed E-state index contributed by atoms with van der Waals surface area (Å²) in [5.41, 5.74) is 0.581. The molecule has 0 aromatic heterocycles. The summed E-state index contributed by atoms with van der Waals surface area (Å²) in [4.78, 5) is 0. The van der Waals surface area contributed by atoms with Crippen LogP contribution in [0.15, 0.2) is 12.1 Å². The number of ether oxygens (including phenoxy) is 1. The molecule has 1 aliphatic rings. The van der Waals surface area contributed by atoms with Crippen molar-refractivity contribution >= 4 is 11.6 Å². The predicted molar refractivity (Wildman–Crippen MR) is 54.2 cm³/mol. The molecular weight excluding hydrogens is 203 g/mol. The van der Waals surface area contributed by atoms with E-state index in [0.29, 0.717) is 22.9 Å². The van der Waals surface area contributed by atoms with Gasteiger partial charge in [0.1, 0.15) is 11.6 Å². The molecule has 75 valence electrons. The van der Waals surface area contributed by atoms with Crippen LogP contribution in [-0.4, -0.2) is 6.61 Å². The fraction of sp³-hybridized carbons (Fsp3) is 0.364. The van der Waals surface area contributed by atoms with Crippen LogP contribution in [0.3, 0.4) is 0 Å². The minimum atomic E-state index is -0.239. The van der Waals surface area contributed by atoms with Crippen molar-refractivity contribution in [1.29, 1.82) is 0 Å². The lowest BCUT2D eigenvalue weighted by Crippen LogP contribution is -1.96. The Hall–Kier alpha value is -0.760. The lowest BCUT2D eigenvalue weighted by molar-refractivity contribution is 0.339. The molecule has 1 radical (unpaired) electrons. The molecule has 1 aromatic rings. The van der Waals surface area contributed by atoms with E-state index < -0.39 is 0 Å². The normalized spacial score (nSPS) is 15.6. The summed E-state index contributed by atoms with van der Waals surface area (Å²) in [6.45, 7) is 2.42. The molecule has 1 saturated carbocycles. The second kappa shape index (κ2) is 3.77. The van der Waals surface area contributed by atoms with Crippen molar-refractivity contribution < 1.29 is 9.13 Å². The molecule has 1 nitrogen and oxygen atoms in total. The average molecular weight is 214 g/mol. The zero-order chi connectivity index (χ0) is 10.1. The second-order valence-electron chi connectivity index (χ2n) is 3.28. The molecule has 1 fully saturated rings. The van der Waals surface area contributed by atoms with Crippen LogP contribution in [0.4, 0.5) is 4.39 Å². The molecule has 0 amide bonds. The van der Waals surface area contributed by atoms with Crippen LogP contribution in [0.25, 0.3) is 0 Å². The molecular formula is C11H11ClFO. The van der Waals surface area contributed by atoms with Gasteiger partial charge in [0, 0.05) is 5.56 Å². The van der Waals surface area contributed by atoms with Gasteiger partial charge in [-0.05, 0) is 37.8 Å². The fourth-order valence-corrected chi connectivity index (χ4v) is 1.81. The zero-order valence-electron chi connectivity index (χ0n) is 7.89. The van der Waals surface area contributed by atoms with Crippen molar-refractivity contribution in [3.05, 3.63) is 35.0 Å². The second-order valence-corrected chi connectivity index (χ2v) is 3.66. The Morgan fingerprint density at radius 2 is 2.29 bits per heavy atom. The summed E-state index contributed by atoms with van der Waals surface area (Å²) in [6.07, 6.45) is 2.94. The van der Waals surface area contributed by atoms with Gasteiger partial charge in [-0.1, -0.05) is 11.6 Å². The van der Waals surface area contributed by atoms with Crippen molar-refractivity contribution in [2.24, 2.45) is 0 Å². The monoisotopic (exact) mass is 213 g/mol. The molecule has 0 spiro atoms. The SMILES string of the molecule is CCOc1ccc(F)c(C2[CH]C2)c1Cl. The first-order chi connectivity index (χ1) is 6.74. The maximum absolute atomic E-state index is 13.4. The highest BCUT2D eigenvalue weighted by molar-refractivity contribution is 6.33. The molecule has 2 rings (SSSR count). The molecule has 1 atom stereocenters. The van der Waals surface area contributed by atoms with E-state index in [1.165, 1.54) is 6.07 Å². The molecule has 0 saturated heterocycles. The van der Waals surface area contributed by atoms with Crippen LogP contribution in [0.2, 0.25) is 5.02 Å². The Kier molecular flexibility index (Phi) is 2.64. The highest BCUT2D eigenvalue weighted by atomic mass is 35.5. The molecule has 1 unspecified atom stereocenters. The van der Waals surface area contributed by atoms with E-state index in [9.17, 15) is 4.39 Å². The lowest BCUT2D eigenvalue weighted by atomic mass is 10.1. The van der Waals surface area contributed by atoms with Crippen molar-refractivity contribution in [3.63, 3.8) is 0 Å². The Morgan fingerprint density at radius 3 is 2.86 bits per heavy atom. The molecule has 1 aliphatic carbocycles. The summed E-state index contributed by atoms with van der Waals surface area (Å²) in [5.74, 6) is 0.519. The number of rotatable bonds is 3. The van der Waals surface area contributed by atoms with Crippen LogP contribution >= 0.6 is 11.6 Å². The van der Waals surface area contributed by atoms with Crippen molar-refractivity contribution in [3.8, 4) is 5.75 Å². The molecule has 14 heavy (non-hydrogen) atoms. The van der Waals surface area contributed by atoms with Gasteiger partial charge in [0.2, 0.25) is 0 Å². The summed E-state index contributed by atoms with van der Waals surface area (Å²) >= 11 is 6.04. The van der Waals surface area contributed by atoms with Gasteiger partial charge in [-0.25, -0.2) is 4.39 Å². The first-order valence-electron chi connectivity index (χ1n) is 4.68. The highest BCUT2D eigenvalue weighted by Gasteiger charge is 2.30. The minimum Gasteiger partial charge on any atom is -0.492 e. The van der Waals surface area contributed by atoms with Crippen molar-refractivity contribution in [2.75, 3.05) is 6.61 Å². The summed E-state index contributed by atoms with van der Waals surface area (Å²) < 4.78 is 18.7. The minimum absolute atomic E-state index is 0.183. The maximum atomic E-state index is 13.4. The van der Waals surface area contributed by atoms with E-state index in [2.05, 4.69) is 0 Å². The Labute approximate surface area is 87.8 Å². The van der Waals surface area contributed by atoms with Gasteiger partial charge < -0.3 is 4.74 Å². The van der Waals surface area contributed by atoms with Crippen LogP contribution in [0, 0.1) is 12.2 Å². The van der Waals surface area contributed by atoms with Crippen molar-refractivity contribution in [1.82, 2.24) is 0 Å². The number of hydrogen-bond acceptors (Lipinski definition) is 1. The Balaban J connectivity index is 2.40. The third kappa shape index (κ3) is 1.71. The fourth-order valence-electron chi connectivity index (χ4n) is 1.46. The van der Waals surface area contributed by atoms with Gasteiger partial charge in [0.15, 0.2) is 0 Å². The zero-order valence-corrected chi connectivity index (χ0v) is 8.64. The Morgan fingerprint density at radius 1 is 1.57 bits per heavy atom. The molecule has 0 heterocycles. The third-order valence-electron chi connectivity index (χ3n) is 2.23. The maximum Gasteiger partial charge on any atom is 0.138 e. The van der Waals surface area contributed by atoms with Crippen LogP contribution < -0.4 is 4.74 Å². The van der Waals surface area contributed by atoms with Gasteiger partial charge in [0.05, 0.1) is 11.6 Å². The molecule has 1 aromatic carbocycles. The number of benzene rings is 1. The van der Waals surface area contributed by atoms with E-state index in [0.717, 1.165) is 6.42 Å². The highest BCUT2D eigenvalue weighted by Crippen LogP contribution is 2.46. The van der Waals surface area contributed by atoms with Gasteiger partial charge in [-0.15, -0.1) is 0 Å². The lowest BCUT2D eigenvalue weighted by Gasteiger charge is -2.10. The first kappa shape index (κ1) is 9.78. The van der Waals surface area contributed by atoms with Gasteiger partial charge >= 0.3 is 0 Å². The van der Waals surface area contributed by atoms with Crippen molar-refractivity contribution in [2.45, 2.75) is 19.3 Å². The topological polar surface area (TPSA) is 9.23 Å². The number of halogens is 2. The standard InChI is InChI=1S/C11H11ClFO/c1-2-14-9-6-5-8(13)10(11(9)12)7-3-4-7/h3,5-7H,2,4H2,1H3. The molecule has 3 heteroatoms.